The molecule has 0 aliphatic heterocycles. The van der Waals surface area contributed by atoms with E-state index in [2.05, 4.69) is 26.8 Å². The summed E-state index contributed by atoms with van der Waals surface area (Å²) in [5.41, 5.74) is 1.50. The minimum Gasteiger partial charge on any atom is -0.508 e. The highest BCUT2D eigenvalue weighted by molar-refractivity contribution is 7.19. The van der Waals surface area contributed by atoms with Gasteiger partial charge in [-0.25, -0.2) is 9.97 Å². The Morgan fingerprint density at radius 1 is 1.25 bits per heavy atom. The van der Waals surface area contributed by atoms with E-state index >= 15 is 0 Å². The number of allylic oxidation sites excluding steroid dienone is 1. The summed E-state index contributed by atoms with van der Waals surface area (Å²) in [4.78, 5) is 12.4. The van der Waals surface area contributed by atoms with Gasteiger partial charge in [-0.3, -0.25) is 4.98 Å². The number of benzene rings is 1. The van der Waals surface area contributed by atoms with Crippen molar-refractivity contribution in [2.75, 3.05) is 0 Å². The molecule has 0 saturated heterocycles. The van der Waals surface area contributed by atoms with E-state index in [-0.39, 0.29) is 5.75 Å². The topological polar surface area (TPSA) is 58.9 Å². The molecule has 2 heterocycles. The summed E-state index contributed by atoms with van der Waals surface area (Å²) in [7, 11) is 0. The average Bonchev–Trinajstić information content (AvgIpc) is 2.86. The lowest BCUT2D eigenvalue weighted by atomic mass is 10.3. The van der Waals surface area contributed by atoms with Crippen LogP contribution in [0.25, 0.3) is 16.3 Å². The molecule has 4 nitrogen and oxygen atoms in total. The molecule has 5 heteroatoms. The van der Waals surface area contributed by atoms with E-state index in [0.717, 1.165) is 15.2 Å². The molecule has 0 unspecified atom stereocenters. The molecule has 0 saturated carbocycles. The summed E-state index contributed by atoms with van der Waals surface area (Å²) < 4.78 is 0.950. The largest absolute Gasteiger partial charge is 0.508 e. The first kappa shape index (κ1) is 12.3. The van der Waals surface area contributed by atoms with Crippen LogP contribution >= 0.6 is 11.3 Å². The van der Waals surface area contributed by atoms with Crippen molar-refractivity contribution in [1.29, 1.82) is 0 Å². The van der Waals surface area contributed by atoms with Crippen LogP contribution in [-0.4, -0.2) is 20.1 Å². The molecule has 0 radical (unpaired) electrons. The Kier molecular flexibility index (Phi) is 3.40. The minimum atomic E-state index is 0.249. The Morgan fingerprint density at radius 3 is 3.05 bits per heavy atom. The van der Waals surface area contributed by atoms with Crippen LogP contribution in [0.5, 0.6) is 5.75 Å². The second-order valence-electron chi connectivity index (χ2n) is 3.90. The number of aromatic nitrogens is 3. The molecule has 0 spiro atoms. The first-order valence-electron chi connectivity index (χ1n) is 5.85. The smallest absolute Gasteiger partial charge is 0.131 e. The molecular weight excluding hydrogens is 270 g/mol. The van der Waals surface area contributed by atoms with Gasteiger partial charge in [0.15, 0.2) is 0 Å². The van der Waals surface area contributed by atoms with Gasteiger partial charge in [0.05, 0.1) is 16.4 Å². The van der Waals surface area contributed by atoms with Crippen molar-refractivity contribution in [3.05, 3.63) is 53.6 Å². The molecule has 1 N–H and O–H groups in total. The van der Waals surface area contributed by atoms with Crippen molar-refractivity contribution in [1.82, 2.24) is 15.0 Å². The zero-order valence-corrected chi connectivity index (χ0v) is 11.1. The zero-order chi connectivity index (χ0) is 13.8. The van der Waals surface area contributed by atoms with Crippen molar-refractivity contribution in [3.8, 4) is 17.6 Å². The molecule has 96 valence electrons. The van der Waals surface area contributed by atoms with Crippen molar-refractivity contribution in [3.63, 3.8) is 0 Å². The summed E-state index contributed by atoms with van der Waals surface area (Å²) in [5.74, 6) is 6.02. The van der Waals surface area contributed by atoms with E-state index in [1.54, 1.807) is 42.9 Å². The third-order valence-corrected chi connectivity index (χ3v) is 3.44. The van der Waals surface area contributed by atoms with Crippen LogP contribution in [0, 0.1) is 11.8 Å². The van der Waals surface area contributed by atoms with E-state index in [4.69, 9.17) is 0 Å². The van der Waals surface area contributed by atoms with Gasteiger partial charge in [0.25, 0.3) is 0 Å². The van der Waals surface area contributed by atoms with Crippen LogP contribution in [0.15, 0.2) is 42.9 Å². The van der Waals surface area contributed by atoms with E-state index in [0.29, 0.717) is 5.69 Å². The summed E-state index contributed by atoms with van der Waals surface area (Å²) in [6.07, 6.45) is 8.39. The maximum absolute atomic E-state index is 9.41. The van der Waals surface area contributed by atoms with Crippen LogP contribution < -0.4 is 0 Å². The summed E-state index contributed by atoms with van der Waals surface area (Å²) in [6, 6.07) is 5.13. The first-order chi connectivity index (χ1) is 9.81. The maximum atomic E-state index is 9.41. The lowest BCUT2D eigenvalue weighted by Gasteiger charge is -1.87. The van der Waals surface area contributed by atoms with E-state index in [1.165, 1.54) is 11.3 Å². The van der Waals surface area contributed by atoms with Gasteiger partial charge >= 0.3 is 0 Å². The zero-order valence-electron chi connectivity index (χ0n) is 10.3. The second kappa shape index (κ2) is 5.51. The van der Waals surface area contributed by atoms with Gasteiger partial charge in [0, 0.05) is 12.4 Å². The predicted octanol–water partition coefficient (Wildman–Crippen LogP) is 2.86. The average molecular weight is 279 g/mol. The highest BCUT2D eigenvalue weighted by atomic mass is 32.1. The van der Waals surface area contributed by atoms with Crippen molar-refractivity contribution in [2.24, 2.45) is 0 Å². The quantitative estimate of drug-likeness (QED) is 0.696. The highest BCUT2D eigenvalue weighted by Gasteiger charge is 2.01. The normalized spacial score (nSPS) is 10.6. The molecule has 0 amide bonds. The van der Waals surface area contributed by atoms with Gasteiger partial charge < -0.3 is 5.11 Å². The fraction of sp³-hybridized carbons (Fsp3) is 0. The number of aromatic hydroxyl groups is 1. The van der Waals surface area contributed by atoms with E-state index in [9.17, 15) is 5.11 Å². The fourth-order valence-corrected chi connectivity index (χ4v) is 2.50. The van der Waals surface area contributed by atoms with Crippen molar-refractivity contribution >= 4 is 27.6 Å². The number of hydrogen-bond donors (Lipinski definition) is 1. The summed E-state index contributed by atoms with van der Waals surface area (Å²) >= 11 is 1.50. The molecule has 0 atom stereocenters. The number of thiazole rings is 1. The van der Waals surface area contributed by atoms with Crippen LogP contribution in [0.4, 0.5) is 0 Å². The summed E-state index contributed by atoms with van der Waals surface area (Å²) in [5, 5.41) is 10.3. The molecule has 0 aliphatic carbocycles. The Balaban J connectivity index is 1.79. The third kappa shape index (κ3) is 2.82. The fourth-order valence-electron chi connectivity index (χ4n) is 1.59. The second-order valence-corrected chi connectivity index (χ2v) is 4.96. The number of fused-ring (bicyclic) bond motifs is 1. The first-order valence-corrected chi connectivity index (χ1v) is 6.66. The molecule has 0 bridgehead atoms. The Morgan fingerprint density at radius 2 is 2.20 bits per heavy atom. The number of hydrogen-bond acceptors (Lipinski definition) is 5. The Bertz CT molecular complexity index is 828. The maximum Gasteiger partial charge on any atom is 0.131 e. The van der Waals surface area contributed by atoms with Gasteiger partial charge in [-0.15, -0.1) is 11.3 Å². The third-order valence-electron chi connectivity index (χ3n) is 2.46. The van der Waals surface area contributed by atoms with Crippen LogP contribution in [0.3, 0.4) is 0 Å². The molecule has 2 aromatic heterocycles. The van der Waals surface area contributed by atoms with Gasteiger partial charge in [-0.05, 0) is 36.3 Å². The highest BCUT2D eigenvalue weighted by Crippen LogP contribution is 2.26. The predicted molar refractivity (Wildman–Crippen MR) is 79.2 cm³/mol. The number of phenols is 1. The molecule has 0 fully saturated rings. The van der Waals surface area contributed by atoms with Crippen LogP contribution in [0.2, 0.25) is 0 Å². The van der Waals surface area contributed by atoms with E-state index < -0.39 is 0 Å². The minimum absolute atomic E-state index is 0.249. The molecule has 3 rings (SSSR count). The Hall–Kier alpha value is -2.71. The molecule has 3 aromatic rings. The molecule has 1 aromatic carbocycles. The number of rotatable bonds is 1. The van der Waals surface area contributed by atoms with Crippen LogP contribution in [0.1, 0.15) is 10.7 Å². The monoisotopic (exact) mass is 279 g/mol. The van der Waals surface area contributed by atoms with Gasteiger partial charge in [-0.1, -0.05) is 5.92 Å². The number of nitrogens with zero attached hydrogens (tertiary/aromatic N) is 3. The van der Waals surface area contributed by atoms with Gasteiger partial charge in [0.2, 0.25) is 0 Å². The molecule has 0 aliphatic rings. The molecular formula is C15H9N3OS. The van der Waals surface area contributed by atoms with Gasteiger partial charge in [0.1, 0.15) is 16.5 Å². The van der Waals surface area contributed by atoms with E-state index in [1.807, 2.05) is 6.08 Å². The lowest BCUT2D eigenvalue weighted by molar-refractivity contribution is 0.476. The SMILES string of the molecule is Oc1ccc2nc(/C=C/C#Cc3cnccn3)sc2c1. The van der Waals surface area contributed by atoms with Crippen molar-refractivity contribution < 1.29 is 5.11 Å². The van der Waals surface area contributed by atoms with Crippen LogP contribution in [-0.2, 0) is 0 Å². The number of phenolic OH excluding ortho intramolecular Hbond substituents is 1. The van der Waals surface area contributed by atoms with Gasteiger partial charge in [-0.2, -0.15) is 0 Å². The lowest BCUT2D eigenvalue weighted by Crippen LogP contribution is -1.80. The summed E-state index contributed by atoms with van der Waals surface area (Å²) in [6.45, 7) is 0. The Labute approximate surface area is 119 Å². The van der Waals surface area contributed by atoms with Crippen molar-refractivity contribution in [2.45, 2.75) is 0 Å². The standard InChI is InChI=1S/C15H9N3OS/c19-12-5-6-13-14(9-12)20-15(18-13)4-2-1-3-11-10-16-7-8-17-11/h2,4-10,19H/b4-2+. The molecule has 20 heavy (non-hydrogen) atoms.